The highest BCUT2D eigenvalue weighted by Gasteiger charge is 2.07. The molecule has 19 heavy (non-hydrogen) atoms. The van der Waals surface area contributed by atoms with E-state index < -0.39 is 0 Å². The second kappa shape index (κ2) is 4.83. The fourth-order valence-electron chi connectivity index (χ4n) is 2.11. The summed E-state index contributed by atoms with van der Waals surface area (Å²) in [6.45, 7) is 2.09. The number of nitriles is 1. The molecule has 0 bridgehead atoms. The number of aromatic nitrogens is 1. The molecule has 2 nitrogen and oxygen atoms in total. The van der Waals surface area contributed by atoms with Gasteiger partial charge in [-0.05, 0) is 55.3 Å². The fraction of sp³-hybridized carbons (Fsp3) is 0.0625. The number of hydrogen-bond donors (Lipinski definition) is 0. The molecular weight excluding hydrogens is 252 g/mol. The highest BCUT2D eigenvalue weighted by molar-refractivity contribution is 7.98. The Morgan fingerprint density at radius 2 is 1.84 bits per heavy atom. The first-order valence-electron chi connectivity index (χ1n) is 6.03. The van der Waals surface area contributed by atoms with Crippen LogP contribution in [0.1, 0.15) is 11.3 Å². The van der Waals surface area contributed by atoms with Gasteiger partial charge < -0.3 is 0 Å². The summed E-state index contributed by atoms with van der Waals surface area (Å²) in [5.41, 5.74) is 3.03. The lowest BCUT2D eigenvalue weighted by Crippen LogP contribution is -1.89. The van der Waals surface area contributed by atoms with Crippen LogP contribution in [0.4, 0.5) is 0 Å². The number of fused-ring (bicyclic) bond motifs is 1. The van der Waals surface area contributed by atoms with Crippen molar-refractivity contribution in [3.05, 3.63) is 65.9 Å². The number of nitrogens with zero attached hydrogens (tertiary/aromatic N) is 2. The first-order chi connectivity index (χ1) is 9.28. The van der Waals surface area contributed by atoms with Crippen LogP contribution in [0.15, 0.2) is 59.5 Å². The molecule has 0 saturated heterocycles. The maximum atomic E-state index is 8.95. The zero-order valence-corrected chi connectivity index (χ0v) is 11.3. The number of aryl methyl sites for hydroxylation is 1. The van der Waals surface area contributed by atoms with Gasteiger partial charge in [0.2, 0.25) is 0 Å². The van der Waals surface area contributed by atoms with E-state index in [0.29, 0.717) is 5.56 Å². The van der Waals surface area contributed by atoms with Crippen LogP contribution in [0.25, 0.3) is 10.9 Å². The molecule has 0 amide bonds. The Kier molecular flexibility index (Phi) is 3.02. The zero-order chi connectivity index (χ0) is 13.2. The van der Waals surface area contributed by atoms with Crippen LogP contribution in [0, 0.1) is 18.3 Å². The summed E-state index contributed by atoms with van der Waals surface area (Å²) in [4.78, 5) is 1.20. The summed E-state index contributed by atoms with van der Waals surface area (Å²) in [5.74, 6) is 0. The third kappa shape index (κ3) is 2.23. The van der Waals surface area contributed by atoms with E-state index >= 15 is 0 Å². The first kappa shape index (κ1) is 11.9. The van der Waals surface area contributed by atoms with Gasteiger partial charge in [-0.2, -0.15) is 5.26 Å². The summed E-state index contributed by atoms with van der Waals surface area (Å²) >= 11 is 1.70. The van der Waals surface area contributed by atoms with Gasteiger partial charge >= 0.3 is 0 Å². The molecule has 0 saturated carbocycles. The normalized spacial score (nSPS) is 10.5. The van der Waals surface area contributed by atoms with Crippen molar-refractivity contribution in [3.63, 3.8) is 0 Å². The Balaban J connectivity index is 2.09. The van der Waals surface area contributed by atoms with Crippen molar-refractivity contribution in [3.8, 4) is 6.07 Å². The second-order valence-corrected chi connectivity index (χ2v) is 5.39. The molecule has 3 rings (SSSR count). The molecule has 1 heterocycles. The average molecular weight is 264 g/mol. The lowest BCUT2D eigenvalue weighted by molar-refractivity contribution is 1.20. The molecule has 0 aliphatic carbocycles. The van der Waals surface area contributed by atoms with Gasteiger partial charge in [0.1, 0.15) is 0 Å². The van der Waals surface area contributed by atoms with Gasteiger partial charge in [0.05, 0.1) is 17.1 Å². The predicted octanol–water partition coefficient (Wildman–Crippen LogP) is 4.38. The molecule has 0 atom stereocenters. The van der Waals surface area contributed by atoms with E-state index in [1.165, 1.54) is 10.6 Å². The number of hydrogen-bond acceptors (Lipinski definition) is 2. The Hall–Kier alpha value is -2.18. The van der Waals surface area contributed by atoms with Crippen molar-refractivity contribution >= 4 is 22.9 Å². The van der Waals surface area contributed by atoms with E-state index in [4.69, 9.17) is 5.26 Å². The molecular formula is C16H12N2S. The third-order valence-electron chi connectivity index (χ3n) is 3.00. The van der Waals surface area contributed by atoms with Gasteiger partial charge in [0, 0.05) is 16.0 Å². The summed E-state index contributed by atoms with van der Waals surface area (Å²) < 4.78 is 2.20. The van der Waals surface area contributed by atoms with Crippen LogP contribution < -0.4 is 0 Å². The third-order valence-corrected chi connectivity index (χ3v) is 4.15. The standard InChI is InChI=1S/C16H12N2S/c1-12-9-14-10-13(11-17)7-8-16(14)18(12)19-15-5-3-2-4-6-15/h2-10H,1H3. The highest BCUT2D eigenvalue weighted by atomic mass is 32.2. The lowest BCUT2D eigenvalue weighted by atomic mass is 10.2. The van der Waals surface area contributed by atoms with Crippen molar-refractivity contribution in [1.82, 2.24) is 3.97 Å². The predicted molar refractivity (Wildman–Crippen MR) is 79.1 cm³/mol. The van der Waals surface area contributed by atoms with Gasteiger partial charge in [-0.3, -0.25) is 3.97 Å². The van der Waals surface area contributed by atoms with Crippen LogP contribution in [0.5, 0.6) is 0 Å². The number of rotatable bonds is 2. The number of benzene rings is 2. The van der Waals surface area contributed by atoms with Crippen molar-refractivity contribution in [2.75, 3.05) is 0 Å². The van der Waals surface area contributed by atoms with Crippen LogP contribution in [0.2, 0.25) is 0 Å². The van der Waals surface area contributed by atoms with E-state index in [-0.39, 0.29) is 0 Å². The van der Waals surface area contributed by atoms with Crippen molar-refractivity contribution in [1.29, 1.82) is 5.26 Å². The quantitative estimate of drug-likeness (QED) is 0.687. The summed E-state index contributed by atoms with van der Waals surface area (Å²) in [5, 5.41) is 10.1. The molecule has 92 valence electrons. The van der Waals surface area contributed by atoms with Crippen molar-refractivity contribution in [2.24, 2.45) is 0 Å². The Labute approximate surface area is 116 Å². The molecule has 1 aromatic heterocycles. The summed E-state index contributed by atoms with van der Waals surface area (Å²) in [7, 11) is 0. The smallest absolute Gasteiger partial charge is 0.0991 e. The Bertz CT molecular complexity index is 767. The molecule has 0 spiro atoms. The van der Waals surface area contributed by atoms with Crippen molar-refractivity contribution < 1.29 is 0 Å². The zero-order valence-electron chi connectivity index (χ0n) is 10.5. The fourth-order valence-corrected chi connectivity index (χ4v) is 3.06. The minimum atomic E-state index is 0.703. The Morgan fingerprint density at radius 3 is 2.58 bits per heavy atom. The summed E-state index contributed by atoms with van der Waals surface area (Å²) in [6.07, 6.45) is 0. The van der Waals surface area contributed by atoms with E-state index in [1.807, 2.05) is 36.4 Å². The molecule has 2 aromatic carbocycles. The molecule has 0 aliphatic heterocycles. The van der Waals surface area contributed by atoms with E-state index in [2.05, 4.69) is 35.2 Å². The highest BCUT2D eigenvalue weighted by Crippen LogP contribution is 2.29. The van der Waals surface area contributed by atoms with Gasteiger partial charge in [0.25, 0.3) is 0 Å². The molecule has 3 aromatic rings. The molecule has 0 fully saturated rings. The SMILES string of the molecule is Cc1cc2cc(C#N)ccc2n1Sc1ccccc1. The van der Waals surface area contributed by atoms with Gasteiger partial charge in [0.15, 0.2) is 0 Å². The molecule has 0 radical (unpaired) electrons. The van der Waals surface area contributed by atoms with E-state index in [9.17, 15) is 0 Å². The topological polar surface area (TPSA) is 28.7 Å². The average Bonchev–Trinajstić information content (AvgIpc) is 2.75. The summed E-state index contributed by atoms with van der Waals surface area (Å²) in [6, 6.07) is 20.4. The maximum Gasteiger partial charge on any atom is 0.0991 e. The van der Waals surface area contributed by atoms with Gasteiger partial charge in [-0.15, -0.1) is 0 Å². The monoisotopic (exact) mass is 264 g/mol. The molecule has 0 unspecified atom stereocenters. The molecule has 0 aliphatic rings. The second-order valence-electron chi connectivity index (χ2n) is 4.37. The Morgan fingerprint density at radius 1 is 1.05 bits per heavy atom. The maximum absolute atomic E-state index is 8.95. The van der Waals surface area contributed by atoms with Crippen molar-refractivity contribution in [2.45, 2.75) is 11.8 Å². The van der Waals surface area contributed by atoms with E-state index in [0.717, 1.165) is 10.9 Å². The van der Waals surface area contributed by atoms with Crippen LogP contribution in [0.3, 0.4) is 0 Å². The first-order valence-corrected chi connectivity index (χ1v) is 6.81. The minimum Gasteiger partial charge on any atom is -0.284 e. The van der Waals surface area contributed by atoms with Gasteiger partial charge in [-0.1, -0.05) is 18.2 Å². The lowest BCUT2D eigenvalue weighted by Gasteiger charge is -2.06. The minimum absolute atomic E-state index is 0.703. The van der Waals surface area contributed by atoms with Gasteiger partial charge in [-0.25, -0.2) is 0 Å². The van der Waals surface area contributed by atoms with Crippen LogP contribution in [-0.2, 0) is 0 Å². The van der Waals surface area contributed by atoms with E-state index in [1.54, 1.807) is 11.9 Å². The molecule has 3 heteroatoms. The van der Waals surface area contributed by atoms with Crippen LogP contribution >= 0.6 is 11.9 Å². The molecule has 0 N–H and O–H groups in total. The largest absolute Gasteiger partial charge is 0.284 e. The van der Waals surface area contributed by atoms with Crippen LogP contribution in [-0.4, -0.2) is 3.97 Å².